The van der Waals surface area contributed by atoms with Crippen molar-refractivity contribution in [3.8, 4) is 0 Å². The number of hydrogen-bond donors (Lipinski definition) is 0. The molecule has 0 fully saturated rings. The topological polar surface area (TPSA) is 69.4 Å². The molecule has 0 aromatic carbocycles. The van der Waals surface area contributed by atoms with Gasteiger partial charge in [0.15, 0.2) is 5.65 Å². The number of pyridine rings is 1. The summed E-state index contributed by atoms with van der Waals surface area (Å²) in [6.45, 7) is 3.55. The van der Waals surface area contributed by atoms with Gasteiger partial charge in [-0.25, -0.2) is 14.3 Å². The fourth-order valence-corrected chi connectivity index (χ4v) is 2.13. The van der Waals surface area contributed by atoms with Crippen molar-refractivity contribution in [3.05, 3.63) is 59.8 Å². The van der Waals surface area contributed by atoms with Crippen LogP contribution in [-0.2, 0) is 4.74 Å². The molecule has 0 unspecified atom stereocenters. The van der Waals surface area contributed by atoms with Gasteiger partial charge in [0, 0.05) is 18.6 Å². The lowest BCUT2D eigenvalue weighted by Crippen LogP contribution is -2.11. The molecule has 6 nitrogen and oxygen atoms in total. The van der Waals surface area contributed by atoms with Crippen LogP contribution in [0.15, 0.2) is 42.9 Å². The van der Waals surface area contributed by atoms with E-state index in [0.717, 1.165) is 0 Å². The number of fused-ring (bicyclic) bond motifs is 1. The van der Waals surface area contributed by atoms with E-state index < -0.39 is 12.1 Å². The van der Waals surface area contributed by atoms with Crippen LogP contribution in [0.1, 0.15) is 34.8 Å². The number of rotatable bonds is 3. The summed E-state index contributed by atoms with van der Waals surface area (Å²) in [7, 11) is 0. The third kappa shape index (κ3) is 2.47. The van der Waals surface area contributed by atoms with Gasteiger partial charge in [0.1, 0.15) is 11.7 Å². The van der Waals surface area contributed by atoms with Gasteiger partial charge in [-0.1, -0.05) is 6.07 Å². The molecule has 0 N–H and O–H groups in total. The van der Waals surface area contributed by atoms with E-state index in [1.165, 1.54) is 0 Å². The molecular weight excluding hydrogens is 268 g/mol. The molecule has 0 aliphatic rings. The Kier molecular flexibility index (Phi) is 3.35. The Labute approximate surface area is 121 Å². The Balaban J connectivity index is 1.89. The van der Waals surface area contributed by atoms with Gasteiger partial charge in [0.05, 0.1) is 11.4 Å². The minimum absolute atomic E-state index is 0.387. The van der Waals surface area contributed by atoms with Crippen LogP contribution in [0.4, 0.5) is 0 Å². The molecular formula is C15H14N4O2. The van der Waals surface area contributed by atoms with Crippen LogP contribution in [0, 0.1) is 6.92 Å². The number of aromatic nitrogens is 4. The summed E-state index contributed by atoms with van der Waals surface area (Å²) >= 11 is 0. The zero-order valence-corrected chi connectivity index (χ0v) is 11.7. The first-order chi connectivity index (χ1) is 10.2. The maximum absolute atomic E-state index is 12.4. The van der Waals surface area contributed by atoms with Crippen LogP contribution in [0.25, 0.3) is 5.65 Å². The van der Waals surface area contributed by atoms with E-state index in [0.29, 0.717) is 22.6 Å². The molecule has 0 bridgehead atoms. The highest BCUT2D eigenvalue weighted by molar-refractivity contribution is 5.97. The number of carbonyl (C=O) groups excluding carboxylic acids is 1. The van der Waals surface area contributed by atoms with Gasteiger partial charge in [-0.05, 0) is 32.0 Å². The Morgan fingerprint density at radius 1 is 1.24 bits per heavy atom. The highest BCUT2D eigenvalue weighted by Crippen LogP contribution is 2.19. The zero-order valence-electron chi connectivity index (χ0n) is 11.7. The average Bonchev–Trinajstić information content (AvgIpc) is 2.83. The molecule has 3 aromatic rings. The second-order valence-corrected chi connectivity index (χ2v) is 4.65. The van der Waals surface area contributed by atoms with E-state index in [9.17, 15) is 4.79 Å². The van der Waals surface area contributed by atoms with Gasteiger partial charge in [-0.3, -0.25) is 4.98 Å². The van der Waals surface area contributed by atoms with E-state index in [-0.39, 0.29) is 0 Å². The molecule has 0 saturated heterocycles. The lowest BCUT2D eigenvalue weighted by molar-refractivity contribution is 0.0330. The third-order valence-electron chi connectivity index (χ3n) is 3.16. The van der Waals surface area contributed by atoms with Crippen molar-refractivity contribution in [2.75, 3.05) is 0 Å². The number of aryl methyl sites for hydroxylation is 1. The van der Waals surface area contributed by atoms with Gasteiger partial charge < -0.3 is 4.74 Å². The van der Waals surface area contributed by atoms with E-state index in [4.69, 9.17) is 4.74 Å². The van der Waals surface area contributed by atoms with Crippen molar-refractivity contribution in [1.29, 1.82) is 0 Å². The van der Waals surface area contributed by atoms with Crippen LogP contribution >= 0.6 is 0 Å². The second kappa shape index (κ2) is 5.32. The Morgan fingerprint density at radius 3 is 2.81 bits per heavy atom. The maximum Gasteiger partial charge on any atom is 0.344 e. The van der Waals surface area contributed by atoms with Crippen molar-refractivity contribution in [2.45, 2.75) is 20.0 Å². The molecule has 3 heterocycles. The highest BCUT2D eigenvalue weighted by Gasteiger charge is 2.22. The normalized spacial score (nSPS) is 12.3. The Hall–Kier alpha value is -2.76. The van der Waals surface area contributed by atoms with Crippen molar-refractivity contribution in [2.24, 2.45) is 0 Å². The minimum Gasteiger partial charge on any atom is -0.452 e. The molecule has 0 amide bonds. The fraction of sp³-hybridized carbons (Fsp3) is 0.200. The monoisotopic (exact) mass is 282 g/mol. The van der Waals surface area contributed by atoms with Crippen molar-refractivity contribution in [3.63, 3.8) is 0 Å². The highest BCUT2D eigenvalue weighted by atomic mass is 16.5. The largest absolute Gasteiger partial charge is 0.452 e. The lowest BCUT2D eigenvalue weighted by atomic mass is 10.2. The molecule has 3 aromatic heterocycles. The zero-order chi connectivity index (χ0) is 14.8. The Bertz CT molecular complexity index is 783. The summed E-state index contributed by atoms with van der Waals surface area (Å²) in [6, 6.07) is 7.25. The molecule has 1 atom stereocenters. The van der Waals surface area contributed by atoms with Gasteiger partial charge in [-0.15, -0.1) is 0 Å². The summed E-state index contributed by atoms with van der Waals surface area (Å²) in [6.07, 6.45) is 4.60. The Morgan fingerprint density at radius 2 is 2.05 bits per heavy atom. The van der Waals surface area contributed by atoms with Crippen LogP contribution in [0.2, 0.25) is 0 Å². The second-order valence-electron chi connectivity index (χ2n) is 4.65. The molecule has 3 rings (SSSR count). The standard InChI is InChI=1S/C15H14N4O2/c1-10-13(14-17-8-5-9-19(14)18-10)15(20)21-11(2)12-6-3-4-7-16-12/h3-9,11H,1-2H3/t11-/m1/s1. The summed E-state index contributed by atoms with van der Waals surface area (Å²) < 4.78 is 7.04. The SMILES string of the molecule is Cc1nn2cccnc2c1C(=O)O[C@H](C)c1ccccn1. The molecule has 0 radical (unpaired) electrons. The van der Waals surface area contributed by atoms with E-state index in [2.05, 4.69) is 15.1 Å². The molecule has 0 spiro atoms. The molecule has 21 heavy (non-hydrogen) atoms. The number of carbonyl (C=O) groups is 1. The number of nitrogens with zero attached hydrogens (tertiary/aromatic N) is 4. The lowest BCUT2D eigenvalue weighted by Gasteiger charge is -2.12. The van der Waals surface area contributed by atoms with E-state index >= 15 is 0 Å². The number of ether oxygens (including phenoxy) is 1. The number of esters is 1. The maximum atomic E-state index is 12.4. The number of hydrogen-bond acceptors (Lipinski definition) is 5. The first-order valence-corrected chi connectivity index (χ1v) is 6.58. The van der Waals surface area contributed by atoms with Gasteiger partial charge in [-0.2, -0.15) is 5.10 Å². The van der Waals surface area contributed by atoms with E-state index in [1.807, 2.05) is 18.2 Å². The fourth-order valence-electron chi connectivity index (χ4n) is 2.13. The van der Waals surface area contributed by atoms with Gasteiger partial charge in [0.25, 0.3) is 0 Å². The van der Waals surface area contributed by atoms with Gasteiger partial charge >= 0.3 is 5.97 Å². The van der Waals surface area contributed by atoms with Crippen LogP contribution < -0.4 is 0 Å². The third-order valence-corrected chi connectivity index (χ3v) is 3.16. The summed E-state index contributed by atoms with van der Waals surface area (Å²) in [5.41, 5.74) is 2.17. The minimum atomic E-state index is -0.445. The summed E-state index contributed by atoms with van der Waals surface area (Å²) in [5, 5.41) is 4.25. The van der Waals surface area contributed by atoms with E-state index in [1.54, 1.807) is 43.0 Å². The average molecular weight is 282 g/mol. The first-order valence-electron chi connectivity index (χ1n) is 6.58. The van der Waals surface area contributed by atoms with Crippen LogP contribution in [0.3, 0.4) is 0 Å². The molecule has 106 valence electrons. The van der Waals surface area contributed by atoms with Crippen LogP contribution in [-0.4, -0.2) is 25.6 Å². The van der Waals surface area contributed by atoms with Crippen LogP contribution in [0.5, 0.6) is 0 Å². The smallest absolute Gasteiger partial charge is 0.344 e. The van der Waals surface area contributed by atoms with Gasteiger partial charge in [0.2, 0.25) is 0 Å². The summed E-state index contributed by atoms with van der Waals surface area (Å²) in [4.78, 5) is 20.8. The molecule has 0 aliphatic carbocycles. The van der Waals surface area contributed by atoms with Crippen molar-refractivity contribution < 1.29 is 9.53 Å². The predicted molar refractivity (Wildman–Crippen MR) is 75.8 cm³/mol. The quantitative estimate of drug-likeness (QED) is 0.690. The van der Waals surface area contributed by atoms with Crippen molar-refractivity contribution >= 4 is 11.6 Å². The molecule has 0 saturated carbocycles. The molecule has 6 heteroatoms. The predicted octanol–water partition coefficient (Wildman–Crippen LogP) is 2.35. The van der Waals surface area contributed by atoms with Crippen molar-refractivity contribution in [1.82, 2.24) is 19.6 Å². The summed E-state index contributed by atoms with van der Waals surface area (Å²) in [5.74, 6) is -0.445. The first kappa shape index (κ1) is 13.2. The molecule has 0 aliphatic heterocycles.